The summed E-state index contributed by atoms with van der Waals surface area (Å²) in [6.45, 7) is 10.8. The lowest BCUT2D eigenvalue weighted by Crippen LogP contribution is -2.23. The van der Waals surface area contributed by atoms with Gasteiger partial charge in [-0.05, 0) is 38.2 Å². The molecule has 0 aromatic carbocycles. The quantitative estimate of drug-likeness (QED) is 0.278. The number of ether oxygens (including phenoxy) is 3. The van der Waals surface area contributed by atoms with E-state index in [-0.39, 0.29) is 12.2 Å². The van der Waals surface area contributed by atoms with Gasteiger partial charge in [-0.1, -0.05) is 51.0 Å². The molecule has 0 bridgehead atoms. The van der Waals surface area contributed by atoms with Crippen LogP contribution in [0.2, 0.25) is 0 Å². The maximum Gasteiger partial charge on any atom is 0.163 e. The molecule has 144 valence electrons. The molecule has 0 unspecified atom stereocenters. The molecule has 0 saturated carbocycles. The van der Waals surface area contributed by atoms with Gasteiger partial charge in [-0.15, -0.1) is 13.0 Å². The molecule has 1 saturated heterocycles. The van der Waals surface area contributed by atoms with Gasteiger partial charge < -0.3 is 14.2 Å². The summed E-state index contributed by atoms with van der Waals surface area (Å²) in [4.78, 5) is 0. The summed E-state index contributed by atoms with van der Waals surface area (Å²) in [5, 5.41) is 0. The van der Waals surface area contributed by atoms with Crippen LogP contribution in [0.15, 0.2) is 24.3 Å². The van der Waals surface area contributed by atoms with Gasteiger partial charge in [0.2, 0.25) is 0 Å². The van der Waals surface area contributed by atoms with Crippen molar-refractivity contribution in [2.45, 2.75) is 83.7 Å². The van der Waals surface area contributed by atoms with E-state index in [1.807, 2.05) is 19.9 Å². The zero-order chi connectivity index (χ0) is 19.3. The maximum absolute atomic E-state index is 6.14. The predicted molar refractivity (Wildman–Crippen MR) is 108 cm³/mol. The standard InChI is InChI=1S/C23H34O3/c1-6-9-11-12-13-15-21-22(26-23(4,5)25-21)19-20(14-10-7-2)16-18-24-17-8-3/h2,8,16,21-22H,3,6,9,11-13,15,17-19H2,1,4-5H3/b20-16+/t21-,22-/m1/s1. The molecule has 3 nitrogen and oxygen atoms in total. The Bertz CT molecular complexity index is 542. The third kappa shape index (κ3) is 9.25. The van der Waals surface area contributed by atoms with Crippen molar-refractivity contribution in [3.63, 3.8) is 0 Å². The average Bonchev–Trinajstić information content (AvgIpc) is 2.89. The Balaban J connectivity index is 2.66. The molecular formula is C23H34O3. The summed E-state index contributed by atoms with van der Waals surface area (Å²) in [6.07, 6.45) is 17.0. The van der Waals surface area contributed by atoms with Crippen LogP contribution in [0.5, 0.6) is 0 Å². The summed E-state index contributed by atoms with van der Waals surface area (Å²) in [6, 6.07) is 0. The van der Waals surface area contributed by atoms with E-state index in [2.05, 4.69) is 31.3 Å². The minimum absolute atomic E-state index is 0.00564. The SMILES string of the molecule is C#CC#C/C(=C\COCC=C)C[C@H]1OC(C)(C)O[C@@H]1CCCCCCC. The minimum Gasteiger partial charge on any atom is -0.373 e. The summed E-state index contributed by atoms with van der Waals surface area (Å²) in [5.41, 5.74) is 0.939. The normalized spacial score (nSPS) is 21.7. The Morgan fingerprint density at radius 3 is 2.58 bits per heavy atom. The van der Waals surface area contributed by atoms with Gasteiger partial charge >= 0.3 is 0 Å². The molecule has 2 atom stereocenters. The molecule has 0 aliphatic carbocycles. The van der Waals surface area contributed by atoms with E-state index in [4.69, 9.17) is 20.6 Å². The topological polar surface area (TPSA) is 27.7 Å². The molecule has 0 aromatic heterocycles. The van der Waals surface area contributed by atoms with Crippen molar-refractivity contribution < 1.29 is 14.2 Å². The van der Waals surface area contributed by atoms with Crippen LogP contribution in [0.3, 0.4) is 0 Å². The second-order valence-electron chi connectivity index (χ2n) is 7.07. The van der Waals surface area contributed by atoms with E-state index in [0.717, 1.165) is 18.4 Å². The maximum atomic E-state index is 6.14. The van der Waals surface area contributed by atoms with Gasteiger partial charge in [-0.3, -0.25) is 0 Å². The zero-order valence-corrected chi connectivity index (χ0v) is 16.7. The van der Waals surface area contributed by atoms with Crippen LogP contribution in [0.25, 0.3) is 0 Å². The van der Waals surface area contributed by atoms with Crippen molar-refractivity contribution in [2.75, 3.05) is 13.2 Å². The Kier molecular flexibility index (Phi) is 11.1. The van der Waals surface area contributed by atoms with Crippen molar-refractivity contribution in [3.05, 3.63) is 24.3 Å². The van der Waals surface area contributed by atoms with Crippen LogP contribution in [-0.4, -0.2) is 31.2 Å². The number of unbranched alkanes of at least 4 members (excludes halogenated alkanes) is 4. The molecule has 1 aliphatic heterocycles. The first-order valence-corrected chi connectivity index (χ1v) is 9.72. The van der Waals surface area contributed by atoms with Crippen molar-refractivity contribution in [3.8, 4) is 24.2 Å². The third-order valence-electron chi connectivity index (χ3n) is 4.28. The van der Waals surface area contributed by atoms with Crippen molar-refractivity contribution in [2.24, 2.45) is 0 Å². The van der Waals surface area contributed by atoms with Gasteiger partial charge in [0.25, 0.3) is 0 Å². The molecule has 0 amide bonds. The summed E-state index contributed by atoms with van der Waals surface area (Å²) in [7, 11) is 0. The van der Waals surface area contributed by atoms with Gasteiger partial charge in [-0.2, -0.15) is 0 Å². The largest absolute Gasteiger partial charge is 0.373 e. The Morgan fingerprint density at radius 1 is 1.15 bits per heavy atom. The first kappa shape index (κ1) is 22.5. The fraction of sp³-hybridized carbons (Fsp3) is 0.652. The first-order chi connectivity index (χ1) is 12.5. The number of hydrogen-bond donors (Lipinski definition) is 0. The number of rotatable bonds is 12. The molecule has 0 aromatic rings. The van der Waals surface area contributed by atoms with Crippen LogP contribution < -0.4 is 0 Å². The molecule has 1 fully saturated rings. The predicted octanol–water partition coefficient (Wildman–Crippen LogP) is 5.02. The smallest absolute Gasteiger partial charge is 0.163 e. The van der Waals surface area contributed by atoms with Gasteiger partial charge in [0.1, 0.15) is 0 Å². The van der Waals surface area contributed by atoms with Crippen LogP contribution in [0, 0.1) is 24.2 Å². The monoisotopic (exact) mass is 358 g/mol. The van der Waals surface area contributed by atoms with E-state index in [1.165, 1.54) is 25.7 Å². The Labute approximate surface area is 160 Å². The van der Waals surface area contributed by atoms with Crippen LogP contribution >= 0.6 is 0 Å². The molecule has 3 heteroatoms. The average molecular weight is 359 g/mol. The molecule has 0 spiro atoms. The number of terminal acetylenes is 1. The Morgan fingerprint density at radius 2 is 1.88 bits per heavy atom. The zero-order valence-electron chi connectivity index (χ0n) is 16.7. The van der Waals surface area contributed by atoms with Gasteiger partial charge in [0, 0.05) is 12.0 Å². The summed E-state index contributed by atoms with van der Waals surface area (Å²) < 4.78 is 17.7. The van der Waals surface area contributed by atoms with Crippen LogP contribution in [0.4, 0.5) is 0 Å². The molecule has 0 radical (unpaired) electrons. The van der Waals surface area contributed by atoms with E-state index < -0.39 is 5.79 Å². The van der Waals surface area contributed by atoms with Gasteiger partial charge in [0.15, 0.2) is 5.79 Å². The van der Waals surface area contributed by atoms with Crippen molar-refractivity contribution in [1.82, 2.24) is 0 Å². The molecule has 1 heterocycles. The van der Waals surface area contributed by atoms with Crippen molar-refractivity contribution >= 4 is 0 Å². The minimum atomic E-state index is -0.553. The highest BCUT2D eigenvalue weighted by Gasteiger charge is 2.40. The lowest BCUT2D eigenvalue weighted by molar-refractivity contribution is -0.146. The lowest BCUT2D eigenvalue weighted by atomic mass is 9.99. The fourth-order valence-electron chi connectivity index (χ4n) is 3.11. The highest BCUT2D eigenvalue weighted by atomic mass is 16.7. The molecular weight excluding hydrogens is 324 g/mol. The van der Waals surface area contributed by atoms with E-state index in [9.17, 15) is 0 Å². The second kappa shape index (κ2) is 12.8. The van der Waals surface area contributed by atoms with E-state index in [0.29, 0.717) is 19.6 Å². The highest BCUT2D eigenvalue weighted by Crippen LogP contribution is 2.34. The number of hydrogen-bond acceptors (Lipinski definition) is 3. The summed E-state index contributed by atoms with van der Waals surface area (Å²) >= 11 is 0. The molecule has 26 heavy (non-hydrogen) atoms. The van der Waals surface area contributed by atoms with E-state index >= 15 is 0 Å². The Hall–Kier alpha value is -1.52. The van der Waals surface area contributed by atoms with Crippen LogP contribution in [-0.2, 0) is 14.2 Å². The fourth-order valence-corrected chi connectivity index (χ4v) is 3.11. The molecule has 0 N–H and O–H groups in total. The van der Waals surface area contributed by atoms with Gasteiger partial charge in [-0.25, -0.2) is 0 Å². The van der Waals surface area contributed by atoms with Crippen molar-refractivity contribution in [1.29, 1.82) is 0 Å². The second-order valence-corrected chi connectivity index (χ2v) is 7.07. The summed E-state index contributed by atoms with van der Waals surface area (Å²) in [5.74, 6) is 7.56. The molecule has 1 aliphatic rings. The van der Waals surface area contributed by atoms with E-state index in [1.54, 1.807) is 6.08 Å². The van der Waals surface area contributed by atoms with Gasteiger partial charge in [0.05, 0.1) is 25.4 Å². The van der Waals surface area contributed by atoms with Crippen LogP contribution in [0.1, 0.15) is 65.7 Å². The molecule has 1 rings (SSSR count). The third-order valence-corrected chi connectivity index (χ3v) is 4.28. The lowest BCUT2D eigenvalue weighted by Gasteiger charge is -2.17. The highest BCUT2D eigenvalue weighted by molar-refractivity contribution is 5.36. The first-order valence-electron chi connectivity index (χ1n) is 9.72.